The summed E-state index contributed by atoms with van der Waals surface area (Å²) in [5.41, 5.74) is 0. The first-order valence-electron chi connectivity index (χ1n) is 2.24. The Morgan fingerprint density at radius 2 is 1.29 bits per heavy atom. The van der Waals surface area contributed by atoms with Crippen LogP contribution in [0.3, 0.4) is 0 Å². The van der Waals surface area contributed by atoms with Gasteiger partial charge in [0.15, 0.2) is 0 Å². The zero-order chi connectivity index (χ0) is 4.24. The van der Waals surface area contributed by atoms with Gasteiger partial charge in [-0.05, 0) is 12.8 Å². The zero-order valence-corrected chi connectivity index (χ0v) is 5.28. The Balaban J connectivity index is 0.000000360. The first kappa shape index (κ1) is 8.30. The van der Waals surface area contributed by atoms with Gasteiger partial charge in [-0.25, -0.2) is 0 Å². The molecule has 0 spiro atoms. The van der Waals surface area contributed by atoms with Crippen LogP contribution < -0.4 is 0 Å². The predicted octanol–water partition coefficient (Wildman–Crippen LogP) is 1.51. The fourth-order valence-electron chi connectivity index (χ4n) is 0.440. The second-order valence-electron chi connectivity index (χ2n) is 1.35. The minimum atomic E-state index is 0. The van der Waals surface area contributed by atoms with E-state index in [4.69, 9.17) is 0 Å². The van der Waals surface area contributed by atoms with Crippen LogP contribution in [0.25, 0.3) is 0 Å². The van der Waals surface area contributed by atoms with Gasteiger partial charge in [-0.15, -0.1) is 0 Å². The summed E-state index contributed by atoms with van der Waals surface area (Å²) >= 11 is 0. The average molecular weight is 128 g/mol. The molecule has 0 aromatic carbocycles. The number of hydrogen-bond donors (Lipinski definition) is 0. The SMILES string of the molecule is C1CCSSC1.[LiH]. The number of hydrogen-bond acceptors (Lipinski definition) is 2. The molecular formula is C4H9LiS2. The zero-order valence-electron chi connectivity index (χ0n) is 3.64. The normalized spacial score (nSPS) is 20.6. The molecule has 0 saturated carbocycles. The molecule has 1 fully saturated rings. The Hall–Kier alpha value is 1.30. The van der Waals surface area contributed by atoms with Crippen LogP contribution >= 0.6 is 21.6 Å². The van der Waals surface area contributed by atoms with E-state index in [-0.39, 0.29) is 18.9 Å². The molecule has 0 bridgehead atoms. The van der Waals surface area contributed by atoms with Gasteiger partial charge >= 0.3 is 18.9 Å². The van der Waals surface area contributed by atoms with Gasteiger partial charge in [-0.3, -0.25) is 0 Å². The van der Waals surface area contributed by atoms with E-state index >= 15 is 0 Å². The van der Waals surface area contributed by atoms with E-state index in [0.29, 0.717) is 0 Å². The molecule has 0 aromatic heterocycles. The van der Waals surface area contributed by atoms with E-state index in [1.165, 1.54) is 24.3 Å². The molecule has 0 atom stereocenters. The molecule has 0 nitrogen and oxygen atoms in total. The first-order valence-corrected chi connectivity index (χ1v) is 4.73. The maximum absolute atomic E-state index is 2.01. The second kappa shape index (κ2) is 5.43. The van der Waals surface area contributed by atoms with Gasteiger partial charge in [0, 0.05) is 11.5 Å². The molecule has 0 aromatic rings. The van der Waals surface area contributed by atoms with Crippen molar-refractivity contribution in [1.29, 1.82) is 0 Å². The summed E-state index contributed by atoms with van der Waals surface area (Å²) in [6.07, 6.45) is 2.88. The van der Waals surface area contributed by atoms with E-state index < -0.39 is 0 Å². The summed E-state index contributed by atoms with van der Waals surface area (Å²) in [7, 11) is 4.02. The molecule has 1 heterocycles. The van der Waals surface area contributed by atoms with Gasteiger partial charge in [0.05, 0.1) is 0 Å². The predicted molar refractivity (Wildman–Crippen MR) is 41.3 cm³/mol. The second-order valence-corrected chi connectivity index (χ2v) is 4.05. The van der Waals surface area contributed by atoms with Crippen molar-refractivity contribution in [2.24, 2.45) is 0 Å². The molecule has 0 N–H and O–H groups in total. The van der Waals surface area contributed by atoms with E-state index in [2.05, 4.69) is 0 Å². The van der Waals surface area contributed by atoms with Crippen molar-refractivity contribution in [3.63, 3.8) is 0 Å². The molecule has 7 heavy (non-hydrogen) atoms. The third-order valence-electron chi connectivity index (χ3n) is 0.789. The minimum absolute atomic E-state index is 0. The molecule has 0 unspecified atom stereocenters. The van der Waals surface area contributed by atoms with Gasteiger partial charge in [-0.1, -0.05) is 21.6 Å². The van der Waals surface area contributed by atoms with E-state index in [1.807, 2.05) is 21.6 Å². The van der Waals surface area contributed by atoms with Crippen molar-refractivity contribution in [2.45, 2.75) is 12.8 Å². The van der Waals surface area contributed by atoms with Crippen LogP contribution in [0.4, 0.5) is 0 Å². The molecule has 0 radical (unpaired) electrons. The molecule has 3 heteroatoms. The molecule has 1 saturated heterocycles. The van der Waals surface area contributed by atoms with Crippen LogP contribution in [0, 0.1) is 0 Å². The summed E-state index contributed by atoms with van der Waals surface area (Å²) in [5.74, 6) is 2.76. The van der Waals surface area contributed by atoms with Crippen molar-refractivity contribution in [1.82, 2.24) is 0 Å². The van der Waals surface area contributed by atoms with Crippen LogP contribution in [0.5, 0.6) is 0 Å². The standard InChI is InChI=1S/C4H8S2.Li.H/c1-2-4-6-5-3-1;;/h1-4H2;;. The quantitative estimate of drug-likeness (QED) is 0.358. The van der Waals surface area contributed by atoms with Crippen molar-refractivity contribution >= 4 is 40.4 Å². The third kappa shape index (κ3) is 3.85. The molecule has 1 aliphatic rings. The Kier molecular flexibility index (Phi) is 6.44. The van der Waals surface area contributed by atoms with Gasteiger partial charge in [-0.2, -0.15) is 0 Å². The van der Waals surface area contributed by atoms with Crippen molar-refractivity contribution in [3.05, 3.63) is 0 Å². The monoisotopic (exact) mass is 128 g/mol. The van der Waals surface area contributed by atoms with Crippen molar-refractivity contribution in [3.8, 4) is 0 Å². The van der Waals surface area contributed by atoms with E-state index in [9.17, 15) is 0 Å². The fraction of sp³-hybridized carbons (Fsp3) is 1.00. The number of rotatable bonds is 0. The molecule has 1 rings (SSSR count). The molecule has 0 amide bonds. The summed E-state index contributed by atoms with van der Waals surface area (Å²) in [6, 6.07) is 0. The van der Waals surface area contributed by atoms with E-state index in [1.54, 1.807) is 0 Å². The van der Waals surface area contributed by atoms with Crippen LogP contribution in [0.15, 0.2) is 0 Å². The third-order valence-corrected chi connectivity index (χ3v) is 3.37. The van der Waals surface area contributed by atoms with Crippen LogP contribution in [-0.2, 0) is 0 Å². The van der Waals surface area contributed by atoms with Gasteiger partial charge in [0.25, 0.3) is 0 Å². The van der Waals surface area contributed by atoms with Gasteiger partial charge in [0.1, 0.15) is 0 Å². The maximum atomic E-state index is 2.01. The molecule has 0 aliphatic carbocycles. The van der Waals surface area contributed by atoms with Gasteiger partial charge in [0.2, 0.25) is 0 Å². The Labute approximate surface area is 64.8 Å². The summed E-state index contributed by atoms with van der Waals surface area (Å²) < 4.78 is 0. The van der Waals surface area contributed by atoms with Crippen molar-refractivity contribution < 1.29 is 0 Å². The van der Waals surface area contributed by atoms with Gasteiger partial charge < -0.3 is 0 Å². The van der Waals surface area contributed by atoms with Crippen LogP contribution in [0.1, 0.15) is 12.8 Å². The Morgan fingerprint density at radius 3 is 1.43 bits per heavy atom. The Bertz CT molecular complexity index is 25.2. The summed E-state index contributed by atoms with van der Waals surface area (Å²) in [5, 5.41) is 0. The topological polar surface area (TPSA) is 0 Å². The summed E-state index contributed by atoms with van der Waals surface area (Å²) in [4.78, 5) is 0. The Morgan fingerprint density at radius 1 is 0.857 bits per heavy atom. The fourth-order valence-corrected chi connectivity index (χ4v) is 2.73. The van der Waals surface area contributed by atoms with Crippen molar-refractivity contribution in [2.75, 3.05) is 11.5 Å². The van der Waals surface area contributed by atoms with E-state index in [0.717, 1.165) is 0 Å². The summed E-state index contributed by atoms with van der Waals surface area (Å²) in [6.45, 7) is 0. The first-order chi connectivity index (χ1) is 3.00. The average Bonchev–Trinajstić information content (AvgIpc) is 1.72. The van der Waals surface area contributed by atoms with Crippen LogP contribution in [-0.4, -0.2) is 30.4 Å². The molecule has 38 valence electrons. The molecule has 1 aliphatic heterocycles. The molecular weight excluding hydrogens is 119 g/mol. The van der Waals surface area contributed by atoms with Crippen LogP contribution in [0.2, 0.25) is 0 Å².